The molecule has 0 aliphatic rings. The standard InChI is InChI=1S/C13H12N2O4/c1-2-18-9-3-5-10(6-4-9)19-12-8-14-7-11(15-12)13(16)17/h3-8H,2H2,1H3,(H,16,17). The highest BCUT2D eigenvalue weighted by Gasteiger charge is 2.07. The van der Waals surface area contributed by atoms with Gasteiger partial charge in [-0.05, 0) is 31.2 Å². The second kappa shape index (κ2) is 5.81. The van der Waals surface area contributed by atoms with Crippen LogP contribution in [0.15, 0.2) is 36.7 Å². The lowest BCUT2D eigenvalue weighted by molar-refractivity contribution is 0.0689. The third-order valence-corrected chi connectivity index (χ3v) is 2.19. The molecule has 6 heteroatoms. The normalized spacial score (nSPS) is 9.95. The van der Waals surface area contributed by atoms with Gasteiger partial charge in [-0.3, -0.25) is 4.98 Å². The zero-order chi connectivity index (χ0) is 13.7. The van der Waals surface area contributed by atoms with E-state index in [0.717, 1.165) is 11.9 Å². The lowest BCUT2D eigenvalue weighted by Gasteiger charge is -2.06. The summed E-state index contributed by atoms with van der Waals surface area (Å²) in [5.74, 6) is 0.245. The quantitative estimate of drug-likeness (QED) is 0.888. The molecule has 0 radical (unpaired) electrons. The topological polar surface area (TPSA) is 81.5 Å². The number of rotatable bonds is 5. The molecule has 1 aromatic carbocycles. The van der Waals surface area contributed by atoms with Crippen LogP contribution in [0.2, 0.25) is 0 Å². The zero-order valence-corrected chi connectivity index (χ0v) is 10.2. The zero-order valence-electron chi connectivity index (χ0n) is 10.2. The van der Waals surface area contributed by atoms with Crippen LogP contribution in [0.3, 0.4) is 0 Å². The molecule has 0 atom stereocenters. The minimum atomic E-state index is -1.15. The fourth-order valence-corrected chi connectivity index (χ4v) is 1.39. The van der Waals surface area contributed by atoms with Gasteiger partial charge in [-0.1, -0.05) is 0 Å². The fraction of sp³-hybridized carbons (Fsp3) is 0.154. The predicted molar refractivity (Wildman–Crippen MR) is 66.7 cm³/mol. The van der Waals surface area contributed by atoms with E-state index in [1.54, 1.807) is 24.3 Å². The van der Waals surface area contributed by atoms with E-state index >= 15 is 0 Å². The van der Waals surface area contributed by atoms with Crippen LogP contribution >= 0.6 is 0 Å². The Morgan fingerprint density at radius 1 is 1.21 bits per heavy atom. The number of ether oxygens (including phenoxy) is 2. The van der Waals surface area contributed by atoms with Crippen molar-refractivity contribution in [3.05, 3.63) is 42.4 Å². The monoisotopic (exact) mass is 260 g/mol. The minimum Gasteiger partial charge on any atom is -0.494 e. The van der Waals surface area contributed by atoms with Gasteiger partial charge in [-0.15, -0.1) is 0 Å². The highest BCUT2D eigenvalue weighted by atomic mass is 16.5. The van der Waals surface area contributed by atoms with E-state index in [-0.39, 0.29) is 11.6 Å². The average Bonchev–Trinajstić information content (AvgIpc) is 2.42. The number of carbonyl (C=O) groups is 1. The fourth-order valence-electron chi connectivity index (χ4n) is 1.39. The summed E-state index contributed by atoms with van der Waals surface area (Å²) in [5.41, 5.74) is -0.163. The lowest BCUT2D eigenvalue weighted by atomic mass is 10.3. The van der Waals surface area contributed by atoms with Crippen LogP contribution < -0.4 is 9.47 Å². The van der Waals surface area contributed by atoms with E-state index < -0.39 is 5.97 Å². The van der Waals surface area contributed by atoms with Crippen molar-refractivity contribution >= 4 is 5.97 Å². The number of hydrogen-bond donors (Lipinski definition) is 1. The largest absolute Gasteiger partial charge is 0.494 e. The van der Waals surface area contributed by atoms with Gasteiger partial charge in [-0.2, -0.15) is 0 Å². The van der Waals surface area contributed by atoms with Crippen molar-refractivity contribution in [1.82, 2.24) is 9.97 Å². The van der Waals surface area contributed by atoms with Gasteiger partial charge in [0, 0.05) is 0 Å². The maximum absolute atomic E-state index is 10.7. The third-order valence-electron chi connectivity index (χ3n) is 2.19. The molecule has 1 N–H and O–H groups in total. The molecule has 19 heavy (non-hydrogen) atoms. The molecule has 6 nitrogen and oxygen atoms in total. The maximum Gasteiger partial charge on any atom is 0.356 e. The van der Waals surface area contributed by atoms with E-state index in [1.165, 1.54) is 6.20 Å². The molecule has 98 valence electrons. The Morgan fingerprint density at radius 2 is 1.89 bits per heavy atom. The van der Waals surface area contributed by atoms with Crippen LogP contribution in [0, 0.1) is 0 Å². The molecule has 0 aliphatic carbocycles. The van der Waals surface area contributed by atoms with E-state index in [9.17, 15) is 4.79 Å². The smallest absolute Gasteiger partial charge is 0.356 e. The molecule has 2 rings (SSSR count). The van der Waals surface area contributed by atoms with Crippen LogP contribution in [0.4, 0.5) is 0 Å². The van der Waals surface area contributed by atoms with E-state index in [2.05, 4.69) is 9.97 Å². The van der Waals surface area contributed by atoms with Crippen molar-refractivity contribution < 1.29 is 19.4 Å². The Balaban J connectivity index is 2.12. The van der Waals surface area contributed by atoms with E-state index in [0.29, 0.717) is 12.4 Å². The molecule has 0 fully saturated rings. The van der Waals surface area contributed by atoms with Crippen molar-refractivity contribution in [2.45, 2.75) is 6.92 Å². The highest BCUT2D eigenvalue weighted by Crippen LogP contribution is 2.22. The van der Waals surface area contributed by atoms with Gasteiger partial charge in [0.15, 0.2) is 5.69 Å². The summed E-state index contributed by atoms with van der Waals surface area (Å²) in [4.78, 5) is 18.3. The molecule has 1 aromatic heterocycles. The number of aromatic nitrogens is 2. The molecule has 0 saturated carbocycles. The van der Waals surface area contributed by atoms with Gasteiger partial charge in [-0.25, -0.2) is 9.78 Å². The molecule has 1 heterocycles. The summed E-state index contributed by atoms with van der Waals surface area (Å²) in [7, 11) is 0. The van der Waals surface area contributed by atoms with Crippen LogP contribution in [0.25, 0.3) is 0 Å². The number of hydrogen-bond acceptors (Lipinski definition) is 5. The van der Waals surface area contributed by atoms with Gasteiger partial charge >= 0.3 is 5.97 Å². The first-order valence-electron chi connectivity index (χ1n) is 5.65. The van der Waals surface area contributed by atoms with Gasteiger partial charge in [0.2, 0.25) is 5.88 Å². The van der Waals surface area contributed by atoms with Crippen molar-refractivity contribution in [3.8, 4) is 17.4 Å². The van der Waals surface area contributed by atoms with E-state index in [1.807, 2.05) is 6.92 Å². The summed E-state index contributed by atoms with van der Waals surface area (Å²) in [6.07, 6.45) is 2.51. The Hall–Kier alpha value is -2.63. The number of carboxylic acid groups (broad SMARTS) is 1. The van der Waals surface area contributed by atoms with Crippen LogP contribution in [0.5, 0.6) is 17.4 Å². The summed E-state index contributed by atoms with van der Waals surface area (Å²) in [6.45, 7) is 2.49. The molecule has 0 bridgehead atoms. The number of carboxylic acids is 1. The molecular formula is C13H12N2O4. The molecule has 0 saturated heterocycles. The first kappa shape index (κ1) is 12.8. The van der Waals surface area contributed by atoms with Gasteiger partial charge in [0.25, 0.3) is 0 Å². The molecule has 0 spiro atoms. The lowest BCUT2D eigenvalue weighted by Crippen LogP contribution is -2.02. The maximum atomic E-state index is 10.7. The van der Waals surface area contributed by atoms with Crippen molar-refractivity contribution in [2.75, 3.05) is 6.61 Å². The summed E-state index contributed by atoms with van der Waals surface area (Å²) in [6, 6.07) is 6.93. The van der Waals surface area contributed by atoms with Crippen molar-refractivity contribution in [1.29, 1.82) is 0 Å². The van der Waals surface area contributed by atoms with E-state index in [4.69, 9.17) is 14.6 Å². The minimum absolute atomic E-state index is 0.129. The number of benzene rings is 1. The molecule has 0 aliphatic heterocycles. The predicted octanol–water partition coefficient (Wildman–Crippen LogP) is 2.37. The Morgan fingerprint density at radius 3 is 2.53 bits per heavy atom. The highest BCUT2D eigenvalue weighted by molar-refractivity contribution is 5.84. The first-order valence-corrected chi connectivity index (χ1v) is 5.65. The van der Waals surface area contributed by atoms with Crippen LogP contribution in [-0.4, -0.2) is 27.7 Å². The molecule has 2 aromatic rings. The van der Waals surface area contributed by atoms with Gasteiger partial charge in [0.1, 0.15) is 11.5 Å². The second-order valence-electron chi connectivity index (χ2n) is 3.55. The van der Waals surface area contributed by atoms with Crippen LogP contribution in [0.1, 0.15) is 17.4 Å². The summed E-state index contributed by atoms with van der Waals surface area (Å²) >= 11 is 0. The average molecular weight is 260 g/mol. The third kappa shape index (κ3) is 3.41. The summed E-state index contributed by atoms with van der Waals surface area (Å²) in [5, 5.41) is 8.80. The Bertz CT molecular complexity index is 569. The van der Waals surface area contributed by atoms with Crippen molar-refractivity contribution in [3.63, 3.8) is 0 Å². The molecule has 0 amide bonds. The second-order valence-corrected chi connectivity index (χ2v) is 3.55. The summed E-state index contributed by atoms with van der Waals surface area (Å²) < 4.78 is 10.7. The van der Waals surface area contributed by atoms with Crippen molar-refractivity contribution in [2.24, 2.45) is 0 Å². The molecular weight excluding hydrogens is 248 g/mol. The first-order chi connectivity index (χ1) is 9.19. The molecule has 0 unspecified atom stereocenters. The van der Waals surface area contributed by atoms with Gasteiger partial charge < -0.3 is 14.6 Å². The number of aromatic carboxylic acids is 1. The number of nitrogens with zero attached hydrogens (tertiary/aromatic N) is 2. The van der Waals surface area contributed by atoms with Crippen LogP contribution in [-0.2, 0) is 0 Å². The van der Waals surface area contributed by atoms with Gasteiger partial charge in [0.05, 0.1) is 19.0 Å². The SMILES string of the molecule is CCOc1ccc(Oc2cncc(C(=O)O)n2)cc1. The Kier molecular flexibility index (Phi) is 3.92. The Labute approximate surface area is 109 Å².